The molecule has 1 unspecified atom stereocenters. The molecule has 0 spiro atoms. The lowest BCUT2D eigenvalue weighted by molar-refractivity contribution is -0.145. The van der Waals surface area contributed by atoms with Gasteiger partial charge in [0.2, 0.25) is 27.6 Å². The number of sulfonamides is 1. The van der Waals surface area contributed by atoms with Crippen molar-refractivity contribution in [2.45, 2.75) is 106 Å². The average molecular weight is 641 g/mol. The minimum Gasteiger partial charge on any atom is -0.363 e. The lowest BCUT2D eigenvalue weighted by atomic mass is 9.85. The predicted octanol–water partition coefficient (Wildman–Crippen LogP) is 0.973. The van der Waals surface area contributed by atoms with E-state index in [-0.39, 0.29) is 36.0 Å². The summed E-state index contributed by atoms with van der Waals surface area (Å²) in [7, 11) is -3.38. The molecule has 6 atom stereocenters. The molecule has 2 saturated heterocycles. The molecule has 0 aromatic carbocycles. The Balaban J connectivity index is 1.82. The van der Waals surface area contributed by atoms with E-state index in [1.165, 1.54) is 9.21 Å². The molecule has 1 saturated carbocycles. The Morgan fingerprint density at radius 2 is 1.59 bits per heavy atom. The highest BCUT2D eigenvalue weighted by molar-refractivity contribution is 7.89. The van der Waals surface area contributed by atoms with Gasteiger partial charge in [-0.1, -0.05) is 68.7 Å². The SMILES string of the molecule is CCCC(NC(=O)[C@@H]1[C@@H]2[C@H](CN1C(=O)[C@@H](NC(=O)N[C@H](CN1CCCS1(=O)=O)C(C)(C)C)C(C)(C)C)C2(C)C)C(=O)C(N)=O. The van der Waals surface area contributed by atoms with E-state index >= 15 is 0 Å². The van der Waals surface area contributed by atoms with Crippen LogP contribution in [0.25, 0.3) is 0 Å². The summed E-state index contributed by atoms with van der Waals surface area (Å²) in [6.45, 7) is 17.8. The first kappa shape index (κ1) is 35.7. The first-order valence-corrected chi connectivity index (χ1v) is 17.1. The van der Waals surface area contributed by atoms with Gasteiger partial charge in [-0.15, -0.1) is 0 Å². The van der Waals surface area contributed by atoms with E-state index < -0.39 is 74.6 Å². The summed E-state index contributed by atoms with van der Waals surface area (Å²) in [5, 5.41) is 8.43. The zero-order valence-corrected chi connectivity index (χ0v) is 28.5. The number of carbonyl (C=O) groups excluding carboxylic acids is 5. The van der Waals surface area contributed by atoms with Gasteiger partial charge in [-0.05, 0) is 40.9 Å². The summed E-state index contributed by atoms with van der Waals surface area (Å²) >= 11 is 0. The van der Waals surface area contributed by atoms with Crippen molar-refractivity contribution in [2.75, 3.05) is 25.4 Å². The molecule has 14 heteroatoms. The van der Waals surface area contributed by atoms with Gasteiger partial charge in [0.25, 0.3) is 5.91 Å². The number of hydrogen-bond acceptors (Lipinski definition) is 7. The maximum atomic E-state index is 14.2. The molecule has 1 aliphatic carbocycles. The number of amides is 5. The highest BCUT2D eigenvalue weighted by Crippen LogP contribution is 2.65. The van der Waals surface area contributed by atoms with E-state index in [2.05, 4.69) is 16.0 Å². The van der Waals surface area contributed by atoms with E-state index in [1.54, 1.807) is 0 Å². The summed E-state index contributed by atoms with van der Waals surface area (Å²) in [6.07, 6.45) is 1.29. The Morgan fingerprint density at radius 1 is 0.977 bits per heavy atom. The van der Waals surface area contributed by atoms with E-state index in [1.807, 2.05) is 62.3 Å². The molecule has 3 rings (SSSR count). The van der Waals surface area contributed by atoms with Gasteiger partial charge in [-0.25, -0.2) is 13.2 Å². The maximum absolute atomic E-state index is 14.2. The molecule has 13 nitrogen and oxygen atoms in total. The van der Waals surface area contributed by atoms with E-state index in [9.17, 15) is 32.4 Å². The van der Waals surface area contributed by atoms with Crippen LogP contribution in [-0.2, 0) is 29.2 Å². The highest BCUT2D eigenvalue weighted by atomic mass is 32.2. The average Bonchev–Trinajstić information content (AvgIpc) is 3.17. The van der Waals surface area contributed by atoms with Crippen molar-refractivity contribution < 1.29 is 32.4 Å². The molecule has 5 N–H and O–H groups in total. The number of primary amides is 1. The van der Waals surface area contributed by atoms with Gasteiger partial charge >= 0.3 is 6.03 Å². The lowest BCUT2D eigenvalue weighted by Gasteiger charge is -2.39. The molecule has 250 valence electrons. The van der Waals surface area contributed by atoms with Crippen LogP contribution in [0.5, 0.6) is 0 Å². The Bertz CT molecular complexity index is 1270. The van der Waals surface area contributed by atoms with Gasteiger partial charge in [0.1, 0.15) is 12.1 Å². The molecule has 2 heterocycles. The van der Waals surface area contributed by atoms with Gasteiger partial charge in [-0.3, -0.25) is 19.2 Å². The Morgan fingerprint density at radius 3 is 2.07 bits per heavy atom. The summed E-state index contributed by atoms with van der Waals surface area (Å²) in [5.74, 6) is -2.99. The summed E-state index contributed by atoms with van der Waals surface area (Å²) in [4.78, 5) is 66.9. The first-order valence-electron chi connectivity index (χ1n) is 15.5. The standard InChI is InChI=1S/C30H52N6O7S/c1-10-12-18(22(37)24(31)38)32-25(39)21-20-17(30(20,8)9)15-36(21)26(40)23(29(5,6)7)34-27(41)33-19(28(2,3)4)16-35-13-11-14-44(35,42)43/h17-21,23H,10-16H2,1-9H3,(H2,31,38)(H,32,39)(H2,33,34,41)/t17-,18?,19+,20-,21-,23+/m0/s1. The van der Waals surface area contributed by atoms with E-state index in [4.69, 9.17) is 5.73 Å². The number of urea groups is 1. The quantitative estimate of drug-likeness (QED) is 0.242. The van der Waals surface area contributed by atoms with Crippen molar-refractivity contribution in [3.63, 3.8) is 0 Å². The molecular weight excluding hydrogens is 588 g/mol. The van der Waals surface area contributed by atoms with Crippen LogP contribution in [0.3, 0.4) is 0 Å². The summed E-state index contributed by atoms with van der Waals surface area (Å²) < 4.78 is 26.3. The van der Waals surface area contributed by atoms with Crippen molar-refractivity contribution >= 4 is 39.6 Å². The number of nitrogens with one attached hydrogen (secondary N) is 3. The number of nitrogens with two attached hydrogens (primary N) is 1. The van der Waals surface area contributed by atoms with Crippen LogP contribution in [0.1, 0.15) is 81.6 Å². The van der Waals surface area contributed by atoms with Gasteiger partial charge in [0.05, 0.1) is 11.8 Å². The number of nitrogens with zero attached hydrogens (tertiary/aromatic N) is 2. The van der Waals surface area contributed by atoms with Crippen LogP contribution in [0.4, 0.5) is 4.79 Å². The number of Topliss-reactive ketones (excluding diaryl/α,β-unsaturated/α-hetero) is 1. The van der Waals surface area contributed by atoms with Crippen molar-refractivity contribution in [1.29, 1.82) is 0 Å². The predicted molar refractivity (Wildman–Crippen MR) is 165 cm³/mol. The summed E-state index contributed by atoms with van der Waals surface area (Å²) in [5.41, 5.74) is 3.78. The third kappa shape index (κ3) is 7.55. The second-order valence-electron chi connectivity index (χ2n) is 15.3. The highest BCUT2D eigenvalue weighted by Gasteiger charge is 2.70. The number of ketones is 1. The number of carbonyl (C=O) groups is 5. The minimum absolute atomic E-state index is 0.0563. The topological polar surface area (TPSA) is 188 Å². The smallest absolute Gasteiger partial charge is 0.315 e. The van der Waals surface area contributed by atoms with Crippen LogP contribution >= 0.6 is 0 Å². The Labute approximate surface area is 261 Å². The molecule has 3 fully saturated rings. The second kappa shape index (κ2) is 12.6. The number of fused-ring (bicyclic) bond motifs is 1. The molecule has 0 aromatic rings. The first-order chi connectivity index (χ1) is 20.0. The molecule has 0 bridgehead atoms. The van der Waals surface area contributed by atoms with Crippen molar-refractivity contribution in [2.24, 2.45) is 33.8 Å². The molecule has 0 radical (unpaired) electrons. The van der Waals surface area contributed by atoms with Crippen molar-refractivity contribution in [1.82, 2.24) is 25.2 Å². The third-order valence-corrected chi connectivity index (χ3v) is 11.5. The van der Waals surface area contributed by atoms with E-state index in [0.717, 1.165) is 0 Å². The van der Waals surface area contributed by atoms with Crippen LogP contribution in [-0.4, -0.2) is 96.7 Å². The number of rotatable bonds is 11. The van der Waals surface area contributed by atoms with Crippen molar-refractivity contribution in [3.8, 4) is 0 Å². The molecular formula is C30H52N6O7S. The second-order valence-corrected chi connectivity index (χ2v) is 17.4. The number of hydrogen-bond donors (Lipinski definition) is 4. The van der Waals surface area contributed by atoms with Crippen LogP contribution < -0.4 is 21.7 Å². The molecule has 5 amide bonds. The normalized spacial score (nSPS) is 26.2. The fourth-order valence-electron chi connectivity index (χ4n) is 6.58. The van der Waals surface area contributed by atoms with Crippen molar-refractivity contribution in [3.05, 3.63) is 0 Å². The van der Waals surface area contributed by atoms with Gasteiger partial charge in [0.15, 0.2) is 0 Å². The van der Waals surface area contributed by atoms with Crippen LogP contribution in [0, 0.1) is 28.1 Å². The van der Waals surface area contributed by atoms with Crippen LogP contribution in [0.2, 0.25) is 0 Å². The number of likely N-dealkylation sites (tertiary alicyclic amines) is 1. The molecule has 3 aliphatic rings. The zero-order valence-electron chi connectivity index (χ0n) is 27.7. The largest absolute Gasteiger partial charge is 0.363 e. The van der Waals surface area contributed by atoms with Crippen LogP contribution in [0.15, 0.2) is 0 Å². The Kier molecular flexibility index (Phi) is 10.2. The maximum Gasteiger partial charge on any atom is 0.315 e. The molecule has 0 aromatic heterocycles. The van der Waals surface area contributed by atoms with Gasteiger partial charge in [0, 0.05) is 25.7 Å². The lowest BCUT2D eigenvalue weighted by Crippen LogP contribution is -2.62. The van der Waals surface area contributed by atoms with E-state index in [0.29, 0.717) is 25.9 Å². The monoisotopic (exact) mass is 640 g/mol. The molecule has 2 aliphatic heterocycles. The fourth-order valence-corrected chi connectivity index (χ4v) is 8.12. The van der Waals surface area contributed by atoms with Gasteiger partial charge < -0.3 is 26.6 Å². The third-order valence-electron chi connectivity index (χ3n) is 9.54. The summed E-state index contributed by atoms with van der Waals surface area (Å²) in [6, 6.07) is -4.15. The van der Waals surface area contributed by atoms with Gasteiger partial charge in [-0.2, -0.15) is 4.31 Å². The zero-order chi connectivity index (χ0) is 33.6. The Hall–Kier alpha value is -2.74. The molecule has 44 heavy (non-hydrogen) atoms. The number of piperidine rings is 1. The fraction of sp³-hybridized carbons (Fsp3) is 0.833. The minimum atomic E-state index is -3.38.